The second kappa shape index (κ2) is 8.40. The molecule has 112 valence electrons. The lowest BCUT2D eigenvalue weighted by atomic mass is 9.91. The molecular weight excluding hydrogens is 259 g/mol. The molecule has 1 aliphatic rings. The van der Waals surface area contributed by atoms with Crippen molar-refractivity contribution in [3.8, 4) is 0 Å². The van der Waals surface area contributed by atoms with Gasteiger partial charge in [-0.15, -0.1) is 0 Å². The zero-order valence-corrected chi connectivity index (χ0v) is 11.1. The Morgan fingerprint density at radius 1 is 1.11 bits per heavy atom. The molecule has 0 aliphatic heterocycles. The highest BCUT2D eigenvalue weighted by atomic mass is 19.4. The van der Waals surface area contributed by atoms with E-state index in [1.165, 1.54) is 32.1 Å². The summed E-state index contributed by atoms with van der Waals surface area (Å²) in [7, 11) is 0. The average Bonchev–Trinajstić information content (AvgIpc) is 2.25. The highest BCUT2D eigenvalue weighted by Crippen LogP contribution is 2.21. The molecule has 1 rings (SSSR count). The maximum absolute atomic E-state index is 11.8. The summed E-state index contributed by atoms with van der Waals surface area (Å²) in [6, 6.07) is 0. The van der Waals surface area contributed by atoms with Crippen LogP contribution in [0.5, 0.6) is 0 Å². The van der Waals surface area contributed by atoms with E-state index in [4.69, 9.17) is 0 Å². The summed E-state index contributed by atoms with van der Waals surface area (Å²) in [6.45, 7) is -1.34. The summed E-state index contributed by atoms with van der Waals surface area (Å²) >= 11 is 0. The molecule has 1 amide bonds. The zero-order valence-electron chi connectivity index (χ0n) is 11.1. The Labute approximate surface area is 111 Å². The molecule has 1 N–H and O–H groups in total. The topological polar surface area (TPSA) is 38.3 Å². The van der Waals surface area contributed by atoms with Crippen molar-refractivity contribution in [1.82, 2.24) is 5.32 Å². The van der Waals surface area contributed by atoms with Crippen molar-refractivity contribution in [1.29, 1.82) is 0 Å². The molecule has 6 heteroatoms. The number of ether oxygens (including phenoxy) is 1. The van der Waals surface area contributed by atoms with Gasteiger partial charge in [-0.05, 0) is 18.8 Å². The van der Waals surface area contributed by atoms with Gasteiger partial charge in [-0.25, -0.2) is 0 Å². The van der Waals surface area contributed by atoms with Crippen LogP contribution in [0.4, 0.5) is 13.2 Å². The molecule has 1 aliphatic carbocycles. The van der Waals surface area contributed by atoms with Crippen LogP contribution in [0.25, 0.3) is 0 Å². The fourth-order valence-electron chi connectivity index (χ4n) is 2.31. The van der Waals surface area contributed by atoms with Gasteiger partial charge in [0.05, 0.1) is 0 Å². The standard InChI is InChI=1S/C13H22F3NO2/c14-13(15,16)10-19-9-12(18)17-8-11-6-4-2-1-3-5-7-11/h11H,1-10H2,(H,17,18). The number of alkyl halides is 3. The maximum Gasteiger partial charge on any atom is 0.411 e. The van der Waals surface area contributed by atoms with E-state index in [0.29, 0.717) is 12.5 Å². The van der Waals surface area contributed by atoms with Crippen LogP contribution in [0.2, 0.25) is 0 Å². The molecule has 0 aromatic heterocycles. The van der Waals surface area contributed by atoms with E-state index in [-0.39, 0.29) is 0 Å². The average molecular weight is 281 g/mol. The molecule has 1 saturated carbocycles. The maximum atomic E-state index is 11.8. The zero-order chi connectivity index (χ0) is 14.1. The van der Waals surface area contributed by atoms with E-state index in [0.717, 1.165) is 12.8 Å². The normalized spacial score (nSPS) is 18.7. The molecule has 0 aromatic rings. The van der Waals surface area contributed by atoms with E-state index in [9.17, 15) is 18.0 Å². The largest absolute Gasteiger partial charge is 0.411 e. The molecule has 0 bridgehead atoms. The number of carbonyl (C=O) groups is 1. The molecule has 0 unspecified atom stereocenters. The highest BCUT2D eigenvalue weighted by molar-refractivity contribution is 5.77. The predicted octanol–water partition coefficient (Wildman–Crippen LogP) is 3.04. The lowest BCUT2D eigenvalue weighted by Gasteiger charge is -2.20. The van der Waals surface area contributed by atoms with Gasteiger partial charge in [0, 0.05) is 6.54 Å². The fraction of sp³-hybridized carbons (Fsp3) is 0.923. The number of rotatable bonds is 5. The minimum absolute atomic E-state index is 0.451. The van der Waals surface area contributed by atoms with Crippen molar-refractivity contribution >= 4 is 5.91 Å². The SMILES string of the molecule is O=C(COCC(F)(F)F)NCC1CCCCCCC1. The first kappa shape index (κ1) is 16.3. The first-order valence-electron chi connectivity index (χ1n) is 6.88. The second-order valence-corrected chi connectivity index (χ2v) is 5.12. The van der Waals surface area contributed by atoms with Crippen molar-refractivity contribution in [2.45, 2.75) is 51.1 Å². The molecule has 0 saturated heterocycles. The van der Waals surface area contributed by atoms with Crippen LogP contribution in [0, 0.1) is 5.92 Å². The van der Waals surface area contributed by atoms with Crippen LogP contribution in [0.1, 0.15) is 44.9 Å². The van der Waals surface area contributed by atoms with Crippen LogP contribution in [0.3, 0.4) is 0 Å². The molecule has 1 fully saturated rings. The van der Waals surface area contributed by atoms with Crippen LogP contribution >= 0.6 is 0 Å². The summed E-state index contributed by atoms with van der Waals surface area (Å²) < 4.78 is 39.7. The third kappa shape index (κ3) is 8.86. The van der Waals surface area contributed by atoms with Gasteiger partial charge >= 0.3 is 6.18 Å². The van der Waals surface area contributed by atoms with Crippen LogP contribution in [0.15, 0.2) is 0 Å². The molecule has 0 heterocycles. The number of hydrogen-bond donors (Lipinski definition) is 1. The van der Waals surface area contributed by atoms with Crippen LogP contribution in [-0.4, -0.2) is 31.8 Å². The monoisotopic (exact) mass is 281 g/mol. The smallest absolute Gasteiger partial charge is 0.362 e. The van der Waals surface area contributed by atoms with E-state index in [1.807, 2.05) is 0 Å². The predicted molar refractivity (Wildman–Crippen MR) is 65.7 cm³/mol. The van der Waals surface area contributed by atoms with E-state index in [2.05, 4.69) is 10.1 Å². The lowest BCUT2D eigenvalue weighted by Crippen LogP contribution is -2.33. The third-order valence-electron chi connectivity index (χ3n) is 3.31. The van der Waals surface area contributed by atoms with Gasteiger partial charge < -0.3 is 10.1 Å². The molecular formula is C13H22F3NO2. The summed E-state index contributed by atoms with van der Waals surface area (Å²) in [4.78, 5) is 11.3. The van der Waals surface area contributed by atoms with Crippen molar-refractivity contribution in [3.63, 3.8) is 0 Å². The fourth-order valence-corrected chi connectivity index (χ4v) is 2.31. The van der Waals surface area contributed by atoms with Gasteiger partial charge in [0.15, 0.2) is 0 Å². The highest BCUT2D eigenvalue weighted by Gasteiger charge is 2.27. The summed E-state index contributed by atoms with van der Waals surface area (Å²) in [5.74, 6) is -0.0156. The lowest BCUT2D eigenvalue weighted by molar-refractivity contribution is -0.175. The van der Waals surface area contributed by atoms with E-state index < -0.39 is 25.3 Å². The van der Waals surface area contributed by atoms with Crippen molar-refractivity contribution in [2.24, 2.45) is 5.92 Å². The summed E-state index contributed by atoms with van der Waals surface area (Å²) in [6.07, 6.45) is 3.89. The number of nitrogens with one attached hydrogen (secondary N) is 1. The van der Waals surface area contributed by atoms with Crippen molar-refractivity contribution < 1.29 is 22.7 Å². The Balaban J connectivity index is 2.11. The first-order chi connectivity index (χ1) is 8.97. The molecule has 19 heavy (non-hydrogen) atoms. The molecule has 0 atom stereocenters. The van der Waals surface area contributed by atoms with E-state index >= 15 is 0 Å². The Morgan fingerprint density at radius 3 is 2.26 bits per heavy atom. The Bertz CT molecular complexity index is 261. The van der Waals surface area contributed by atoms with Gasteiger partial charge in [-0.1, -0.05) is 32.1 Å². The third-order valence-corrected chi connectivity index (χ3v) is 3.31. The quantitative estimate of drug-likeness (QED) is 0.841. The van der Waals surface area contributed by atoms with Crippen LogP contribution in [-0.2, 0) is 9.53 Å². The molecule has 0 radical (unpaired) electrons. The number of amides is 1. The second-order valence-electron chi connectivity index (χ2n) is 5.12. The van der Waals surface area contributed by atoms with Gasteiger partial charge in [0.2, 0.25) is 5.91 Å². The molecule has 0 spiro atoms. The Hall–Kier alpha value is -0.780. The van der Waals surface area contributed by atoms with Gasteiger partial charge in [-0.3, -0.25) is 4.79 Å². The van der Waals surface area contributed by atoms with Crippen molar-refractivity contribution in [2.75, 3.05) is 19.8 Å². The number of hydrogen-bond acceptors (Lipinski definition) is 2. The number of halogens is 3. The van der Waals surface area contributed by atoms with Crippen LogP contribution < -0.4 is 5.32 Å². The molecule has 0 aromatic carbocycles. The minimum Gasteiger partial charge on any atom is -0.362 e. The number of carbonyl (C=O) groups excluding carboxylic acids is 1. The van der Waals surface area contributed by atoms with E-state index in [1.54, 1.807) is 0 Å². The van der Waals surface area contributed by atoms with Gasteiger partial charge in [0.25, 0.3) is 0 Å². The first-order valence-corrected chi connectivity index (χ1v) is 6.88. The summed E-state index contributed by atoms with van der Waals surface area (Å²) in [5, 5.41) is 2.66. The summed E-state index contributed by atoms with van der Waals surface area (Å²) in [5.41, 5.74) is 0. The minimum atomic E-state index is -4.38. The Kier molecular flexibility index (Phi) is 7.20. The Morgan fingerprint density at radius 2 is 1.68 bits per heavy atom. The van der Waals surface area contributed by atoms with Gasteiger partial charge in [0.1, 0.15) is 13.2 Å². The van der Waals surface area contributed by atoms with Crippen molar-refractivity contribution in [3.05, 3.63) is 0 Å². The van der Waals surface area contributed by atoms with Gasteiger partial charge in [-0.2, -0.15) is 13.2 Å². The molecule has 3 nitrogen and oxygen atoms in total.